The Morgan fingerprint density at radius 2 is 1.44 bits per heavy atom. The number of rotatable bonds is 1. The molecule has 0 unspecified atom stereocenters. The summed E-state index contributed by atoms with van der Waals surface area (Å²) in [6, 6.07) is 0. The second-order valence-corrected chi connectivity index (χ2v) is 3.76. The first-order chi connectivity index (χ1) is 3.71. The third-order valence-electron chi connectivity index (χ3n) is 0.422. The molecule has 0 heterocycles. The number of hydrogen-bond donors (Lipinski definition) is 0. The summed E-state index contributed by atoms with van der Waals surface area (Å²) < 4.78 is 38.2. The zero-order valence-electron chi connectivity index (χ0n) is 5.54. The topological polar surface area (TPSA) is 9.23 Å². The average Bonchev–Trinajstić information content (AvgIpc) is 1.14. The molecule has 0 spiro atoms. The maximum atomic E-state index is 11.5. The van der Waals surface area contributed by atoms with Crippen LogP contribution in [0.2, 0.25) is 0 Å². The Balaban J connectivity index is 3.75. The van der Waals surface area contributed by atoms with Crippen molar-refractivity contribution in [3.63, 3.8) is 0 Å². The molecular weight excluding hydrogens is 149 g/mol. The van der Waals surface area contributed by atoms with Gasteiger partial charge in [0.2, 0.25) is 0 Å². The average molecular weight is 158 g/mol. The van der Waals surface area contributed by atoms with Gasteiger partial charge in [-0.05, 0) is 20.8 Å². The number of hydrogen-bond acceptors (Lipinski definition) is 1. The molecule has 0 aromatic heterocycles. The molecule has 0 aliphatic carbocycles. The minimum Gasteiger partial charge on any atom is -0.337 e. The van der Waals surface area contributed by atoms with Crippen LogP contribution in [0.3, 0.4) is 0 Å². The Labute approximate surface area is 53.5 Å². The van der Waals surface area contributed by atoms with Crippen LogP contribution >= 0.6 is 0 Å². The van der Waals surface area contributed by atoms with Crippen LogP contribution in [0.25, 0.3) is 0 Å². The molecule has 0 aliphatic rings. The van der Waals surface area contributed by atoms with Crippen molar-refractivity contribution in [3.05, 3.63) is 0 Å². The van der Waals surface area contributed by atoms with Crippen LogP contribution in [0.1, 0.15) is 20.8 Å². The van der Waals surface area contributed by atoms with E-state index in [0.29, 0.717) is 0 Å². The first kappa shape index (κ1) is 8.97. The van der Waals surface area contributed by atoms with Gasteiger partial charge in [-0.2, -0.15) is 0 Å². The highest BCUT2D eigenvalue weighted by molar-refractivity contribution is 6.51. The Morgan fingerprint density at radius 1 is 1.11 bits per heavy atom. The Bertz CT molecular complexity index is 81.0. The van der Waals surface area contributed by atoms with Crippen LogP contribution in [0.5, 0.6) is 0 Å². The van der Waals surface area contributed by atoms with Crippen molar-refractivity contribution < 1.29 is 16.7 Å². The molecule has 56 valence electrons. The van der Waals surface area contributed by atoms with E-state index >= 15 is 0 Å². The highest BCUT2D eigenvalue weighted by Crippen LogP contribution is 2.19. The second kappa shape index (κ2) is 2.30. The van der Waals surface area contributed by atoms with Crippen molar-refractivity contribution in [1.29, 1.82) is 0 Å². The smallest absolute Gasteiger partial charge is 0.337 e. The fourth-order valence-electron chi connectivity index (χ4n) is 0.347. The van der Waals surface area contributed by atoms with Gasteiger partial charge in [0.1, 0.15) is 0 Å². The van der Waals surface area contributed by atoms with Gasteiger partial charge in [-0.15, -0.1) is 0 Å². The van der Waals surface area contributed by atoms with Crippen LogP contribution < -0.4 is 0 Å². The van der Waals surface area contributed by atoms with E-state index in [4.69, 9.17) is 0 Å². The van der Waals surface area contributed by atoms with Gasteiger partial charge in [0.25, 0.3) is 0 Å². The molecule has 0 bridgehead atoms. The van der Waals surface area contributed by atoms with E-state index in [1.807, 2.05) is 0 Å². The lowest BCUT2D eigenvalue weighted by molar-refractivity contribution is 0.0525. The summed E-state index contributed by atoms with van der Waals surface area (Å²) in [6.07, 6.45) is 0. The molecule has 5 heteroatoms. The Kier molecular flexibility index (Phi) is 2.29. The fraction of sp³-hybridized carbons (Fsp3) is 1.00. The minimum atomic E-state index is -5.79. The molecule has 0 aromatic carbocycles. The SMILES string of the molecule is CC(C)(C)O[Si](F)(F)F. The van der Waals surface area contributed by atoms with Gasteiger partial charge in [0.05, 0.1) is 5.60 Å². The summed E-state index contributed by atoms with van der Waals surface area (Å²) in [5.74, 6) is 0. The largest absolute Gasteiger partial charge is 0.802 e. The molecule has 0 aliphatic heterocycles. The van der Waals surface area contributed by atoms with E-state index in [1.54, 1.807) is 0 Å². The molecule has 0 rings (SSSR count). The van der Waals surface area contributed by atoms with Crippen molar-refractivity contribution in [2.24, 2.45) is 0 Å². The van der Waals surface area contributed by atoms with Crippen LogP contribution in [0.4, 0.5) is 12.3 Å². The molecule has 0 aromatic rings. The van der Waals surface area contributed by atoms with Gasteiger partial charge in [-0.3, -0.25) is 0 Å². The summed E-state index contributed by atoms with van der Waals surface area (Å²) in [4.78, 5) is 0. The Hall–Kier alpha value is -0.0331. The molecule has 1 nitrogen and oxygen atoms in total. The first-order valence-corrected chi connectivity index (χ1v) is 4.02. The molecular formula is C4H9F3OSi. The van der Waals surface area contributed by atoms with Crippen molar-refractivity contribution in [2.45, 2.75) is 26.4 Å². The Morgan fingerprint density at radius 3 is 1.44 bits per heavy atom. The quantitative estimate of drug-likeness (QED) is 0.419. The molecule has 9 heavy (non-hydrogen) atoms. The molecule has 0 amide bonds. The van der Waals surface area contributed by atoms with E-state index in [0.717, 1.165) is 0 Å². The van der Waals surface area contributed by atoms with Gasteiger partial charge >= 0.3 is 9.32 Å². The van der Waals surface area contributed by atoms with Crippen molar-refractivity contribution in [1.82, 2.24) is 0 Å². The van der Waals surface area contributed by atoms with E-state index in [2.05, 4.69) is 4.43 Å². The minimum absolute atomic E-state index is 1.08. The van der Waals surface area contributed by atoms with Crippen LogP contribution in [0, 0.1) is 0 Å². The van der Waals surface area contributed by atoms with Crippen molar-refractivity contribution in [3.8, 4) is 0 Å². The third kappa shape index (κ3) is 7.97. The monoisotopic (exact) mass is 158 g/mol. The normalized spacial score (nSPS) is 14.0. The van der Waals surface area contributed by atoms with Gasteiger partial charge in [-0.1, -0.05) is 0 Å². The highest BCUT2D eigenvalue weighted by Gasteiger charge is 2.45. The van der Waals surface area contributed by atoms with E-state index in [-0.39, 0.29) is 0 Å². The van der Waals surface area contributed by atoms with Gasteiger partial charge in [-0.25, -0.2) is 12.3 Å². The molecule has 0 saturated carbocycles. The first-order valence-electron chi connectivity index (χ1n) is 2.48. The lowest BCUT2D eigenvalue weighted by Crippen LogP contribution is -2.33. The standard InChI is InChI=1S/C4H9F3OSi/c1-4(2,3)8-9(5,6)7/h1-3H3. The fourth-order valence-corrected chi connectivity index (χ4v) is 1.04. The van der Waals surface area contributed by atoms with E-state index in [1.165, 1.54) is 20.8 Å². The molecule has 0 N–H and O–H groups in total. The highest BCUT2D eigenvalue weighted by atomic mass is 28.5. The lowest BCUT2D eigenvalue weighted by Gasteiger charge is -2.19. The van der Waals surface area contributed by atoms with E-state index < -0.39 is 14.9 Å². The predicted octanol–water partition coefficient (Wildman–Crippen LogP) is 2.15. The summed E-state index contributed by atoms with van der Waals surface area (Å²) >= 11 is 0. The maximum Gasteiger partial charge on any atom is 0.802 e. The summed E-state index contributed by atoms with van der Waals surface area (Å²) in [5, 5.41) is 0. The van der Waals surface area contributed by atoms with Gasteiger partial charge < -0.3 is 4.43 Å². The predicted molar refractivity (Wildman–Crippen MR) is 29.9 cm³/mol. The summed E-state index contributed by atoms with van der Waals surface area (Å²) in [5.41, 5.74) is -1.08. The maximum absolute atomic E-state index is 11.5. The second-order valence-electron chi connectivity index (χ2n) is 2.66. The van der Waals surface area contributed by atoms with E-state index in [9.17, 15) is 12.3 Å². The van der Waals surface area contributed by atoms with Gasteiger partial charge in [0.15, 0.2) is 0 Å². The molecule has 0 fully saturated rings. The zero-order valence-corrected chi connectivity index (χ0v) is 6.54. The molecule has 0 radical (unpaired) electrons. The molecule has 0 atom stereocenters. The number of halogens is 3. The summed E-state index contributed by atoms with van der Waals surface area (Å²) in [7, 11) is -5.79. The van der Waals surface area contributed by atoms with Crippen LogP contribution in [-0.4, -0.2) is 14.9 Å². The summed E-state index contributed by atoms with van der Waals surface area (Å²) in [6.45, 7) is 4.15. The van der Waals surface area contributed by atoms with Gasteiger partial charge in [0, 0.05) is 0 Å². The van der Waals surface area contributed by atoms with Crippen molar-refractivity contribution in [2.75, 3.05) is 0 Å². The van der Waals surface area contributed by atoms with Crippen molar-refractivity contribution >= 4 is 9.32 Å². The van der Waals surface area contributed by atoms with Crippen LogP contribution in [0.15, 0.2) is 0 Å². The molecule has 0 saturated heterocycles. The lowest BCUT2D eigenvalue weighted by atomic mass is 10.2. The van der Waals surface area contributed by atoms with Crippen LogP contribution in [-0.2, 0) is 4.43 Å². The third-order valence-corrected chi connectivity index (χ3v) is 1.27. The zero-order chi connectivity index (χ0) is 7.71.